The molecule has 0 atom stereocenters. The number of ketones is 2. The minimum absolute atomic E-state index is 0.00968. The van der Waals surface area contributed by atoms with Gasteiger partial charge in [0.1, 0.15) is 0 Å². The third-order valence-electron chi connectivity index (χ3n) is 3.83. The first kappa shape index (κ1) is 14.0. The number of hydrogen-bond donors (Lipinski definition) is 0. The van der Waals surface area contributed by atoms with E-state index >= 15 is 0 Å². The van der Waals surface area contributed by atoms with E-state index in [1.807, 2.05) is 26.1 Å². The second-order valence-corrected chi connectivity index (χ2v) is 6.38. The number of carbonyl (C=O) groups is 2. The fraction of sp³-hybridized carbons (Fsp3) is 0.625. The van der Waals surface area contributed by atoms with Crippen LogP contribution in [0.2, 0.25) is 0 Å². The van der Waals surface area contributed by atoms with E-state index in [9.17, 15) is 9.59 Å². The standard InChI is InChI=1S/C16H23NO2/c1-16(2)11-14(18)13(15(19)12-16)7-6-10-17-8-4-3-5-9-17/h6-7,10H,3-5,8-9,11-12H2,1-2H3/b10-6+. The Kier molecular flexibility index (Phi) is 4.23. The van der Waals surface area contributed by atoms with Gasteiger partial charge in [0.2, 0.25) is 0 Å². The minimum Gasteiger partial charge on any atom is -0.377 e. The zero-order chi connectivity index (χ0) is 13.9. The largest absolute Gasteiger partial charge is 0.377 e. The lowest BCUT2D eigenvalue weighted by Crippen LogP contribution is -2.31. The van der Waals surface area contributed by atoms with E-state index in [4.69, 9.17) is 0 Å². The summed E-state index contributed by atoms with van der Waals surface area (Å²) in [5, 5.41) is 0. The van der Waals surface area contributed by atoms with Gasteiger partial charge in [-0.3, -0.25) is 9.59 Å². The van der Waals surface area contributed by atoms with Crippen LogP contribution in [0.3, 0.4) is 0 Å². The van der Waals surface area contributed by atoms with Crippen LogP contribution in [0.4, 0.5) is 0 Å². The predicted molar refractivity (Wildman–Crippen MR) is 75.7 cm³/mol. The Bertz CT molecular complexity index is 404. The summed E-state index contributed by atoms with van der Waals surface area (Å²) in [6, 6.07) is 0. The fourth-order valence-corrected chi connectivity index (χ4v) is 2.79. The van der Waals surface area contributed by atoms with Gasteiger partial charge in [0.25, 0.3) is 0 Å². The van der Waals surface area contributed by atoms with E-state index in [2.05, 4.69) is 4.90 Å². The number of allylic oxidation sites excluding steroid dienone is 3. The summed E-state index contributed by atoms with van der Waals surface area (Å²) >= 11 is 0. The lowest BCUT2D eigenvalue weighted by Gasteiger charge is -2.28. The molecule has 0 aromatic heterocycles. The normalized spacial score (nSPS) is 24.1. The number of carbonyl (C=O) groups excluding carboxylic acids is 2. The highest BCUT2D eigenvalue weighted by atomic mass is 16.1. The zero-order valence-corrected chi connectivity index (χ0v) is 11.9. The average molecular weight is 261 g/mol. The topological polar surface area (TPSA) is 37.4 Å². The van der Waals surface area contributed by atoms with Gasteiger partial charge in [-0.05, 0) is 43.0 Å². The van der Waals surface area contributed by atoms with Gasteiger partial charge in [-0.25, -0.2) is 0 Å². The first-order chi connectivity index (χ1) is 8.98. The Balaban J connectivity index is 2.00. The van der Waals surface area contributed by atoms with Crippen molar-refractivity contribution in [2.75, 3.05) is 13.1 Å². The zero-order valence-electron chi connectivity index (χ0n) is 11.9. The van der Waals surface area contributed by atoms with Crippen molar-refractivity contribution in [2.24, 2.45) is 5.41 Å². The lowest BCUT2D eigenvalue weighted by molar-refractivity contribution is -0.127. The maximum atomic E-state index is 12.0. The molecule has 1 aliphatic carbocycles. The van der Waals surface area contributed by atoms with Gasteiger partial charge < -0.3 is 4.90 Å². The van der Waals surface area contributed by atoms with Crippen molar-refractivity contribution in [2.45, 2.75) is 46.0 Å². The van der Waals surface area contributed by atoms with E-state index in [0.29, 0.717) is 18.4 Å². The molecule has 1 heterocycles. The molecular formula is C16H23NO2. The van der Waals surface area contributed by atoms with Crippen LogP contribution in [0, 0.1) is 5.41 Å². The van der Waals surface area contributed by atoms with Gasteiger partial charge in [0, 0.05) is 25.9 Å². The maximum absolute atomic E-state index is 12.0. The molecule has 2 rings (SSSR count). The second kappa shape index (κ2) is 5.72. The summed E-state index contributed by atoms with van der Waals surface area (Å²) < 4.78 is 0. The number of Topliss-reactive ketones (excluding diaryl/α,β-unsaturated/α-hetero) is 2. The molecule has 1 aliphatic heterocycles. The fourth-order valence-electron chi connectivity index (χ4n) is 2.79. The smallest absolute Gasteiger partial charge is 0.166 e. The Morgan fingerprint density at radius 2 is 1.58 bits per heavy atom. The molecule has 2 aliphatic rings. The molecular weight excluding hydrogens is 238 g/mol. The van der Waals surface area contributed by atoms with E-state index in [-0.39, 0.29) is 17.0 Å². The van der Waals surface area contributed by atoms with Crippen LogP contribution in [0.1, 0.15) is 46.0 Å². The molecule has 0 bridgehead atoms. The van der Waals surface area contributed by atoms with Crippen molar-refractivity contribution in [1.29, 1.82) is 0 Å². The molecule has 1 saturated heterocycles. The van der Waals surface area contributed by atoms with Crippen LogP contribution in [0.15, 0.2) is 23.9 Å². The van der Waals surface area contributed by atoms with Crippen LogP contribution >= 0.6 is 0 Å². The van der Waals surface area contributed by atoms with Crippen LogP contribution in [-0.2, 0) is 9.59 Å². The summed E-state index contributed by atoms with van der Waals surface area (Å²) in [5.41, 5.74) is 0.204. The number of rotatable bonds is 2. The minimum atomic E-state index is -0.178. The Morgan fingerprint density at radius 1 is 1.00 bits per heavy atom. The van der Waals surface area contributed by atoms with E-state index in [1.165, 1.54) is 19.3 Å². The molecule has 0 amide bonds. The van der Waals surface area contributed by atoms with Gasteiger partial charge >= 0.3 is 0 Å². The van der Waals surface area contributed by atoms with Gasteiger partial charge in [0.15, 0.2) is 11.6 Å². The molecule has 0 unspecified atom stereocenters. The van der Waals surface area contributed by atoms with Gasteiger partial charge in [-0.15, -0.1) is 0 Å². The Labute approximate surface area is 115 Å². The molecule has 0 aromatic rings. The van der Waals surface area contributed by atoms with Crippen molar-refractivity contribution in [3.63, 3.8) is 0 Å². The summed E-state index contributed by atoms with van der Waals surface area (Å²) in [6.07, 6.45) is 10.3. The SMILES string of the molecule is CC1(C)CC(=O)C(=C/C=C/N2CCCCC2)C(=O)C1. The number of piperidine rings is 1. The molecule has 104 valence electrons. The summed E-state index contributed by atoms with van der Waals surface area (Å²) in [7, 11) is 0. The molecule has 0 aromatic carbocycles. The number of nitrogens with zero attached hydrogens (tertiary/aromatic N) is 1. The Morgan fingerprint density at radius 3 is 2.16 bits per heavy atom. The first-order valence-corrected chi connectivity index (χ1v) is 7.17. The third-order valence-corrected chi connectivity index (χ3v) is 3.83. The van der Waals surface area contributed by atoms with E-state index in [0.717, 1.165) is 13.1 Å². The molecule has 2 fully saturated rings. The van der Waals surface area contributed by atoms with Crippen molar-refractivity contribution in [3.8, 4) is 0 Å². The van der Waals surface area contributed by atoms with Crippen molar-refractivity contribution >= 4 is 11.6 Å². The monoisotopic (exact) mass is 261 g/mol. The summed E-state index contributed by atoms with van der Waals surface area (Å²) in [5.74, 6) is -0.0194. The average Bonchev–Trinajstić information content (AvgIpc) is 2.32. The van der Waals surface area contributed by atoms with Gasteiger partial charge in [-0.2, -0.15) is 0 Å². The van der Waals surface area contributed by atoms with E-state index < -0.39 is 0 Å². The van der Waals surface area contributed by atoms with Crippen molar-refractivity contribution in [3.05, 3.63) is 23.9 Å². The highest BCUT2D eigenvalue weighted by molar-refractivity contribution is 6.22. The molecule has 0 radical (unpaired) electrons. The van der Waals surface area contributed by atoms with Crippen molar-refractivity contribution in [1.82, 2.24) is 4.90 Å². The van der Waals surface area contributed by atoms with Crippen LogP contribution in [0.25, 0.3) is 0 Å². The number of likely N-dealkylation sites (tertiary alicyclic amines) is 1. The third kappa shape index (κ3) is 3.79. The lowest BCUT2D eigenvalue weighted by atomic mass is 9.74. The van der Waals surface area contributed by atoms with E-state index in [1.54, 1.807) is 6.08 Å². The summed E-state index contributed by atoms with van der Waals surface area (Å²) in [4.78, 5) is 26.2. The van der Waals surface area contributed by atoms with Crippen LogP contribution in [0.5, 0.6) is 0 Å². The predicted octanol–water partition coefficient (Wildman–Crippen LogP) is 2.87. The highest BCUT2D eigenvalue weighted by Gasteiger charge is 2.35. The summed E-state index contributed by atoms with van der Waals surface area (Å²) in [6.45, 7) is 6.11. The van der Waals surface area contributed by atoms with Crippen LogP contribution in [-0.4, -0.2) is 29.6 Å². The molecule has 1 saturated carbocycles. The van der Waals surface area contributed by atoms with Gasteiger partial charge in [0.05, 0.1) is 5.57 Å². The molecule has 19 heavy (non-hydrogen) atoms. The molecule has 3 heteroatoms. The quantitative estimate of drug-likeness (QED) is 0.566. The number of hydrogen-bond acceptors (Lipinski definition) is 3. The second-order valence-electron chi connectivity index (χ2n) is 6.38. The molecule has 0 N–H and O–H groups in total. The molecule has 0 spiro atoms. The van der Waals surface area contributed by atoms with Crippen molar-refractivity contribution < 1.29 is 9.59 Å². The van der Waals surface area contributed by atoms with Crippen LogP contribution < -0.4 is 0 Å². The first-order valence-electron chi connectivity index (χ1n) is 7.17. The van der Waals surface area contributed by atoms with Gasteiger partial charge in [-0.1, -0.05) is 13.8 Å². The Hall–Kier alpha value is -1.38. The molecule has 3 nitrogen and oxygen atoms in total. The maximum Gasteiger partial charge on any atom is 0.166 e. The highest BCUT2D eigenvalue weighted by Crippen LogP contribution is 2.33.